The van der Waals surface area contributed by atoms with E-state index in [2.05, 4.69) is 15.1 Å². The van der Waals surface area contributed by atoms with Crippen LogP contribution in [0.1, 0.15) is 18.4 Å². The molecule has 1 aliphatic heterocycles. The lowest BCUT2D eigenvalue weighted by molar-refractivity contribution is -0.137. The third kappa shape index (κ3) is 2.96. The van der Waals surface area contributed by atoms with Crippen LogP contribution >= 0.6 is 0 Å². The van der Waals surface area contributed by atoms with E-state index in [9.17, 15) is 26.0 Å². The van der Waals surface area contributed by atoms with Gasteiger partial charge in [0.15, 0.2) is 5.82 Å². The van der Waals surface area contributed by atoms with E-state index in [0.29, 0.717) is 32.0 Å². The van der Waals surface area contributed by atoms with Crippen molar-refractivity contribution in [3.05, 3.63) is 29.8 Å². The summed E-state index contributed by atoms with van der Waals surface area (Å²) in [4.78, 5) is 6.29. The van der Waals surface area contributed by atoms with Gasteiger partial charge in [-0.1, -0.05) is 0 Å². The topological polar surface area (TPSA) is 83.9 Å². The van der Waals surface area contributed by atoms with Crippen molar-refractivity contribution in [2.45, 2.75) is 24.0 Å². The van der Waals surface area contributed by atoms with E-state index in [0.717, 1.165) is 6.07 Å². The van der Waals surface area contributed by atoms with Gasteiger partial charge < -0.3 is 4.98 Å². The molecule has 7 nitrogen and oxygen atoms in total. The highest BCUT2D eigenvalue weighted by atomic mass is 32.2. The number of hydrogen-bond donors (Lipinski definition) is 1. The molecule has 1 aliphatic rings. The first-order chi connectivity index (χ1) is 13.1. The minimum atomic E-state index is -4.88. The summed E-state index contributed by atoms with van der Waals surface area (Å²) in [5.41, 5.74) is -2.08. The second-order valence-electron chi connectivity index (χ2n) is 6.55. The molecule has 0 amide bonds. The van der Waals surface area contributed by atoms with E-state index >= 15 is 0 Å². The van der Waals surface area contributed by atoms with Crippen molar-refractivity contribution in [3.8, 4) is 11.4 Å². The normalized spacial score (nSPS) is 16.3. The lowest BCUT2D eigenvalue weighted by atomic mass is 10.0. The Balaban J connectivity index is 2.01. The molecule has 28 heavy (non-hydrogen) atoms. The zero-order chi connectivity index (χ0) is 20.3. The molecule has 1 N–H and O–H groups in total. The number of fused-ring (bicyclic) bond motifs is 1. The van der Waals surface area contributed by atoms with Crippen LogP contribution < -0.4 is 0 Å². The maximum Gasteiger partial charge on any atom is 0.417 e. The third-order valence-corrected chi connectivity index (χ3v) is 6.47. The molecule has 0 saturated carbocycles. The van der Waals surface area contributed by atoms with E-state index in [1.54, 1.807) is 0 Å². The van der Waals surface area contributed by atoms with Crippen LogP contribution in [0.5, 0.6) is 0 Å². The monoisotopic (exact) mass is 417 g/mol. The van der Waals surface area contributed by atoms with Crippen LogP contribution in [0.25, 0.3) is 22.3 Å². The van der Waals surface area contributed by atoms with Crippen LogP contribution in [0.4, 0.5) is 17.6 Å². The van der Waals surface area contributed by atoms with Crippen LogP contribution in [0.2, 0.25) is 0 Å². The van der Waals surface area contributed by atoms with Crippen molar-refractivity contribution >= 4 is 20.9 Å². The molecular weight excluding hydrogens is 402 g/mol. The van der Waals surface area contributed by atoms with Crippen molar-refractivity contribution in [3.63, 3.8) is 0 Å². The number of nitrogens with one attached hydrogen (secondary N) is 1. The van der Waals surface area contributed by atoms with Gasteiger partial charge >= 0.3 is 6.18 Å². The molecule has 0 bridgehead atoms. The molecule has 0 atom stereocenters. The van der Waals surface area contributed by atoms with Gasteiger partial charge in [0, 0.05) is 31.1 Å². The molecule has 0 radical (unpaired) electrons. The molecule has 1 aromatic carbocycles. The molecule has 3 heterocycles. The third-order valence-electron chi connectivity index (χ3n) is 4.65. The van der Waals surface area contributed by atoms with Crippen LogP contribution in [0.3, 0.4) is 0 Å². The van der Waals surface area contributed by atoms with Gasteiger partial charge in [-0.15, -0.1) is 0 Å². The summed E-state index contributed by atoms with van der Waals surface area (Å²) in [6.07, 6.45) is -2.29. The predicted molar refractivity (Wildman–Crippen MR) is 91.2 cm³/mol. The Bertz CT molecular complexity index is 1160. The Hall–Kier alpha value is -2.47. The van der Waals surface area contributed by atoms with E-state index in [4.69, 9.17) is 0 Å². The van der Waals surface area contributed by atoms with Crippen molar-refractivity contribution in [2.24, 2.45) is 7.05 Å². The van der Waals surface area contributed by atoms with E-state index < -0.39 is 33.1 Å². The molecule has 0 spiro atoms. The Labute approximate surface area is 157 Å². The Morgan fingerprint density at radius 3 is 2.43 bits per heavy atom. The Kier molecular flexibility index (Phi) is 4.23. The summed E-state index contributed by atoms with van der Waals surface area (Å²) < 4.78 is 83.1. The number of benzene rings is 1. The van der Waals surface area contributed by atoms with Crippen LogP contribution in [-0.4, -0.2) is 45.6 Å². The van der Waals surface area contributed by atoms with E-state index in [-0.39, 0.29) is 21.8 Å². The number of H-pyrrole nitrogens is 1. The zero-order valence-electron chi connectivity index (χ0n) is 14.6. The van der Waals surface area contributed by atoms with Gasteiger partial charge in [0.1, 0.15) is 17.2 Å². The summed E-state index contributed by atoms with van der Waals surface area (Å²) in [7, 11) is -2.50. The quantitative estimate of drug-likeness (QED) is 0.665. The van der Waals surface area contributed by atoms with E-state index in [1.165, 1.54) is 22.4 Å². The molecular formula is C16H15F4N5O2S. The van der Waals surface area contributed by atoms with Crippen molar-refractivity contribution in [1.29, 1.82) is 0 Å². The fraction of sp³-hybridized carbons (Fsp3) is 0.375. The first kappa shape index (κ1) is 18.9. The average molecular weight is 417 g/mol. The predicted octanol–water partition coefficient (Wildman–Crippen LogP) is 2.91. The maximum atomic E-state index is 14.5. The van der Waals surface area contributed by atoms with Crippen LogP contribution in [-0.2, 0) is 23.2 Å². The second-order valence-corrected chi connectivity index (χ2v) is 8.46. The smallest absolute Gasteiger partial charge is 0.342 e. The van der Waals surface area contributed by atoms with Crippen molar-refractivity contribution in [2.75, 3.05) is 13.1 Å². The van der Waals surface area contributed by atoms with Crippen molar-refractivity contribution in [1.82, 2.24) is 24.1 Å². The Morgan fingerprint density at radius 1 is 1.18 bits per heavy atom. The number of alkyl halides is 3. The molecule has 2 aromatic heterocycles. The lowest BCUT2D eigenvalue weighted by Gasteiger charge is -2.13. The highest BCUT2D eigenvalue weighted by Crippen LogP contribution is 2.42. The summed E-state index contributed by atoms with van der Waals surface area (Å²) in [5, 5.41) is 3.29. The largest absolute Gasteiger partial charge is 0.417 e. The standard InChI is InChI=1S/C16H15F4N5O2S/c1-24-8-21-15(23-24)13-9-6-12(28(26,27)25-4-2-3-5-25)22-14(9)11(17)7-10(13)16(18,19)20/h6-8,22H,2-5H2,1H3. The van der Waals surface area contributed by atoms with Gasteiger partial charge in [-0.2, -0.15) is 22.6 Å². The molecule has 3 aromatic rings. The number of aryl methyl sites for hydroxylation is 1. The minimum Gasteiger partial charge on any atom is -0.342 e. The molecule has 12 heteroatoms. The van der Waals surface area contributed by atoms with Crippen molar-refractivity contribution < 1.29 is 26.0 Å². The number of hydrogen-bond acceptors (Lipinski definition) is 4. The highest BCUT2D eigenvalue weighted by Gasteiger charge is 2.38. The van der Waals surface area contributed by atoms with Gasteiger partial charge in [0.25, 0.3) is 10.0 Å². The molecule has 0 aliphatic carbocycles. The first-order valence-electron chi connectivity index (χ1n) is 8.37. The number of aromatic nitrogens is 4. The van der Waals surface area contributed by atoms with Crippen LogP contribution in [0.15, 0.2) is 23.5 Å². The first-order valence-corrected chi connectivity index (χ1v) is 9.81. The van der Waals surface area contributed by atoms with Gasteiger partial charge in [-0.3, -0.25) is 4.68 Å². The van der Waals surface area contributed by atoms with Gasteiger partial charge in [-0.05, 0) is 25.0 Å². The maximum absolute atomic E-state index is 14.5. The molecule has 150 valence electrons. The number of aromatic amines is 1. The molecule has 0 unspecified atom stereocenters. The fourth-order valence-electron chi connectivity index (χ4n) is 3.36. The summed E-state index contributed by atoms with van der Waals surface area (Å²) >= 11 is 0. The van der Waals surface area contributed by atoms with E-state index in [1.807, 2.05) is 0 Å². The number of nitrogens with zero attached hydrogens (tertiary/aromatic N) is 4. The molecule has 1 saturated heterocycles. The molecule has 1 fully saturated rings. The summed E-state index contributed by atoms with van der Waals surface area (Å²) in [6, 6.07) is 1.35. The molecule has 4 rings (SSSR count). The van der Waals surface area contributed by atoms with Gasteiger partial charge in [0.2, 0.25) is 0 Å². The average Bonchev–Trinajstić information content (AvgIpc) is 3.34. The highest BCUT2D eigenvalue weighted by molar-refractivity contribution is 7.89. The number of rotatable bonds is 3. The summed E-state index contributed by atoms with van der Waals surface area (Å²) in [6.45, 7) is 0.616. The summed E-state index contributed by atoms with van der Waals surface area (Å²) in [5.74, 6) is -1.48. The van der Waals surface area contributed by atoms with Gasteiger partial charge in [0.05, 0.1) is 11.1 Å². The zero-order valence-corrected chi connectivity index (χ0v) is 15.4. The Morgan fingerprint density at radius 2 is 1.86 bits per heavy atom. The number of sulfonamides is 1. The number of halogens is 4. The van der Waals surface area contributed by atoms with Crippen LogP contribution in [0, 0.1) is 5.82 Å². The SMILES string of the molecule is Cn1cnc(-c2c(C(F)(F)F)cc(F)c3[nH]c(S(=O)(=O)N4CCCC4)cc23)n1. The fourth-order valence-corrected chi connectivity index (χ4v) is 4.87. The second kappa shape index (κ2) is 6.27. The minimum absolute atomic E-state index is 0.240. The van der Waals surface area contributed by atoms with Gasteiger partial charge in [-0.25, -0.2) is 17.8 Å². The lowest BCUT2D eigenvalue weighted by Crippen LogP contribution is -2.28.